The highest BCUT2D eigenvalue weighted by Gasteiger charge is 2.22. The van der Waals surface area contributed by atoms with Crippen molar-refractivity contribution in [2.24, 2.45) is 0 Å². The number of rotatable bonds is 6. The highest BCUT2D eigenvalue weighted by atomic mass is 35.5. The molecule has 0 amide bonds. The Morgan fingerprint density at radius 3 is 2.29 bits per heavy atom. The third-order valence-electron chi connectivity index (χ3n) is 3.44. The van der Waals surface area contributed by atoms with Gasteiger partial charge in [0.15, 0.2) is 0 Å². The van der Waals surface area contributed by atoms with E-state index in [1.54, 1.807) is 38.1 Å². The molecule has 24 heavy (non-hydrogen) atoms. The van der Waals surface area contributed by atoms with Crippen LogP contribution in [0.5, 0.6) is 5.75 Å². The van der Waals surface area contributed by atoms with Gasteiger partial charge in [0.05, 0.1) is 10.5 Å². The van der Waals surface area contributed by atoms with E-state index in [9.17, 15) is 13.2 Å². The second kappa shape index (κ2) is 7.79. The Balaban J connectivity index is 2.26. The first-order valence-corrected chi connectivity index (χ1v) is 9.28. The topological polar surface area (TPSA) is 63.7 Å². The molecule has 0 saturated carbocycles. The zero-order chi connectivity index (χ0) is 17.7. The van der Waals surface area contributed by atoms with Crippen LogP contribution in [0.2, 0.25) is 5.02 Å². The number of nitrogens with zero attached hydrogens (tertiary/aromatic N) is 1. The Labute approximate surface area is 146 Å². The summed E-state index contributed by atoms with van der Waals surface area (Å²) < 4.78 is 31.6. The molecule has 0 fully saturated rings. The highest BCUT2D eigenvalue weighted by Crippen LogP contribution is 2.20. The van der Waals surface area contributed by atoms with Crippen LogP contribution in [-0.4, -0.2) is 31.8 Å². The number of hydrogen-bond donors (Lipinski definition) is 0. The predicted octanol–water partition coefficient (Wildman–Crippen LogP) is 3.59. The normalized spacial score (nSPS) is 11.5. The van der Waals surface area contributed by atoms with Gasteiger partial charge < -0.3 is 4.74 Å². The van der Waals surface area contributed by atoms with Gasteiger partial charge in [-0.15, -0.1) is 0 Å². The monoisotopic (exact) mass is 367 g/mol. The molecule has 7 heteroatoms. The minimum atomic E-state index is -3.63. The van der Waals surface area contributed by atoms with Crippen LogP contribution < -0.4 is 4.74 Å². The van der Waals surface area contributed by atoms with E-state index in [0.29, 0.717) is 23.9 Å². The average Bonchev–Trinajstić information content (AvgIpc) is 2.58. The molecule has 2 aromatic carbocycles. The maximum atomic E-state index is 12.5. The minimum absolute atomic E-state index is 0.0664. The zero-order valence-electron chi connectivity index (χ0n) is 13.4. The van der Waals surface area contributed by atoms with Gasteiger partial charge in [-0.1, -0.05) is 31.5 Å². The third kappa shape index (κ3) is 4.14. The highest BCUT2D eigenvalue weighted by molar-refractivity contribution is 7.89. The van der Waals surface area contributed by atoms with Crippen LogP contribution in [-0.2, 0) is 10.0 Å². The molecule has 0 heterocycles. The number of hydrogen-bond acceptors (Lipinski definition) is 4. The van der Waals surface area contributed by atoms with Crippen LogP contribution in [0.1, 0.15) is 24.2 Å². The molecule has 0 saturated heterocycles. The fourth-order valence-corrected chi connectivity index (χ4v) is 3.80. The number of ether oxygens (including phenoxy) is 1. The summed E-state index contributed by atoms with van der Waals surface area (Å²) in [6.07, 6.45) is 0. The molecule has 0 unspecified atom stereocenters. The van der Waals surface area contributed by atoms with Gasteiger partial charge in [-0.25, -0.2) is 13.2 Å². The number of carbonyl (C=O) groups excluding carboxylic acids is 1. The second-order valence-corrected chi connectivity index (χ2v) is 7.33. The van der Waals surface area contributed by atoms with Gasteiger partial charge in [0.25, 0.3) is 0 Å². The van der Waals surface area contributed by atoms with Crippen molar-refractivity contribution in [3.05, 3.63) is 59.1 Å². The van der Waals surface area contributed by atoms with Crippen molar-refractivity contribution in [3.63, 3.8) is 0 Å². The molecule has 0 bridgehead atoms. The summed E-state index contributed by atoms with van der Waals surface area (Å²) in [5, 5.41) is 0.530. The van der Waals surface area contributed by atoms with Gasteiger partial charge in [-0.2, -0.15) is 4.31 Å². The summed E-state index contributed by atoms with van der Waals surface area (Å²) in [4.78, 5) is 12.3. The zero-order valence-corrected chi connectivity index (χ0v) is 15.0. The van der Waals surface area contributed by atoms with Crippen LogP contribution >= 0.6 is 11.6 Å². The van der Waals surface area contributed by atoms with Crippen molar-refractivity contribution in [2.45, 2.75) is 18.7 Å². The van der Waals surface area contributed by atoms with Crippen molar-refractivity contribution >= 4 is 27.6 Å². The Hall–Kier alpha value is -1.89. The fraction of sp³-hybridized carbons (Fsp3) is 0.235. The summed E-state index contributed by atoms with van der Waals surface area (Å²) in [6.45, 7) is 4.25. The fourth-order valence-electron chi connectivity index (χ4n) is 2.16. The number of sulfonamides is 1. The van der Waals surface area contributed by atoms with E-state index < -0.39 is 16.0 Å². The molecule has 128 valence electrons. The lowest BCUT2D eigenvalue weighted by atomic mass is 10.2. The van der Waals surface area contributed by atoms with Crippen LogP contribution in [0.4, 0.5) is 0 Å². The molecule has 2 rings (SSSR count). The summed E-state index contributed by atoms with van der Waals surface area (Å²) in [5.41, 5.74) is 0.165. The largest absolute Gasteiger partial charge is 0.423 e. The molecule has 5 nitrogen and oxygen atoms in total. The maximum Gasteiger partial charge on any atom is 0.343 e. The van der Waals surface area contributed by atoms with Crippen LogP contribution in [0.15, 0.2) is 53.4 Å². The molecule has 0 aliphatic heterocycles. The Morgan fingerprint density at radius 1 is 1.08 bits per heavy atom. The lowest BCUT2D eigenvalue weighted by Crippen LogP contribution is -2.30. The minimum Gasteiger partial charge on any atom is -0.423 e. The average molecular weight is 368 g/mol. The number of halogens is 1. The molecule has 0 N–H and O–H groups in total. The smallest absolute Gasteiger partial charge is 0.343 e. The molecular formula is C17H18ClNO4S. The number of benzene rings is 2. The maximum absolute atomic E-state index is 12.5. The van der Waals surface area contributed by atoms with Crippen molar-refractivity contribution in [2.75, 3.05) is 13.1 Å². The standard InChI is InChI=1S/C17H18ClNO4S/c1-3-19(4-2)24(21,22)16-7-5-6-13(12-16)17(20)23-15-10-8-14(18)9-11-15/h5-12H,3-4H2,1-2H3. The first kappa shape index (κ1) is 18.4. The predicted molar refractivity (Wildman–Crippen MR) is 93.0 cm³/mol. The number of esters is 1. The van der Waals surface area contributed by atoms with E-state index in [1.165, 1.54) is 28.6 Å². The SMILES string of the molecule is CCN(CC)S(=O)(=O)c1cccc(C(=O)Oc2ccc(Cl)cc2)c1. The molecule has 0 radical (unpaired) electrons. The lowest BCUT2D eigenvalue weighted by Gasteiger charge is -2.18. The molecule has 0 aliphatic rings. The molecular weight excluding hydrogens is 350 g/mol. The lowest BCUT2D eigenvalue weighted by molar-refractivity contribution is 0.0734. The summed E-state index contributed by atoms with van der Waals surface area (Å²) in [5.74, 6) is -0.296. The van der Waals surface area contributed by atoms with E-state index in [0.717, 1.165) is 0 Å². The van der Waals surface area contributed by atoms with Crippen molar-refractivity contribution < 1.29 is 17.9 Å². The van der Waals surface area contributed by atoms with Gasteiger partial charge in [-0.05, 0) is 42.5 Å². The van der Waals surface area contributed by atoms with E-state index in [1.807, 2.05) is 0 Å². The van der Waals surface area contributed by atoms with Gasteiger partial charge in [0, 0.05) is 18.1 Å². The van der Waals surface area contributed by atoms with Crippen LogP contribution in [0.3, 0.4) is 0 Å². The second-order valence-electron chi connectivity index (χ2n) is 4.96. The van der Waals surface area contributed by atoms with Crippen LogP contribution in [0.25, 0.3) is 0 Å². The molecule has 0 spiro atoms. The molecule has 0 atom stereocenters. The van der Waals surface area contributed by atoms with Gasteiger partial charge in [-0.3, -0.25) is 0 Å². The number of carbonyl (C=O) groups is 1. The Kier molecular flexibility index (Phi) is 5.99. The quantitative estimate of drug-likeness (QED) is 0.578. The third-order valence-corrected chi connectivity index (χ3v) is 5.73. The summed E-state index contributed by atoms with van der Waals surface area (Å²) in [7, 11) is -3.63. The van der Waals surface area contributed by atoms with E-state index in [4.69, 9.17) is 16.3 Å². The Bertz CT molecular complexity index is 815. The molecule has 0 aromatic heterocycles. The molecule has 2 aromatic rings. The summed E-state index contributed by atoms with van der Waals surface area (Å²) in [6, 6.07) is 12.2. The van der Waals surface area contributed by atoms with Crippen molar-refractivity contribution in [3.8, 4) is 5.75 Å². The van der Waals surface area contributed by atoms with Gasteiger partial charge >= 0.3 is 5.97 Å². The Morgan fingerprint density at radius 2 is 1.71 bits per heavy atom. The van der Waals surface area contributed by atoms with E-state index in [2.05, 4.69) is 0 Å². The van der Waals surface area contributed by atoms with Crippen molar-refractivity contribution in [1.29, 1.82) is 0 Å². The first-order valence-electron chi connectivity index (χ1n) is 7.46. The van der Waals surface area contributed by atoms with E-state index >= 15 is 0 Å². The molecule has 0 aliphatic carbocycles. The van der Waals surface area contributed by atoms with Gasteiger partial charge in [0.1, 0.15) is 5.75 Å². The van der Waals surface area contributed by atoms with Crippen molar-refractivity contribution in [1.82, 2.24) is 4.31 Å². The first-order chi connectivity index (χ1) is 11.4. The van der Waals surface area contributed by atoms with E-state index in [-0.39, 0.29) is 10.5 Å². The van der Waals surface area contributed by atoms with Crippen LogP contribution in [0, 0.1) is 0 Å². The van der Waals surface area contributed by atoms with Gasteiger partial charge in [0.2, 0.25) is 10.0 Å². The summed E-state index contributed by atoms with van der Waals surface area (Å²) >= 11 is 5.78.